The molecule has 0 aliphatic heterocycles. The largest absolute Gasteiger partial charge is 0.454 e. The number of H-pyrrole nitrogens is 1. The minimum absolute atomic E-state index is 0.862. The van der Waals surface area contributed by atoms with Crippen molar-refractivity contribution in [2.24, 2.45) is 0 Å². The predicted molar refractivity (Wildman–Crippen MR) is 90.7 cm³/mol. The molecule has 104 valence electrons. The first-order valence-electron chi connectivity index (χ1n) is 7.13. The summed E-state index contributed by atoms with van der Waals surface area (Å²) < 4.78 is 6.06. The fraction of sp³-hybridized carbons (Fsp3) is 0.100. The molecule has 0 saturated heterocycles. The lowest BCUT2D eigenvalue weighted by atomic mass is 10.1. The third-order valence-electron chi connectivity index (χ3n) is 3.75. The van der Waals surface area contributed by atoms with E-state index in [1.807, 2.05) is 32.0 Å². The predicted octanol–water partition coefficient (Wildman–Crippen LogP) is 4.81. The van der Waals surface area contributed by atoms with Crippen LogP contribution in [-0.4, -0.2) is 4.98 Å². The zero-order chi connectivity index (χ0) is 15.1. The Bertz CT molecular complexity index is 1060. The van der Waals surface area contributed by atoms with E-state index in [1.165, 1.54) is 0 Å². The minimum Gasteiger partial charge on any atom is -0.454 e. The van der Waals surface area contributed by atoms with Crippen molar-refractivity contribution in [2.45, 2.75) is 13.8 Å². The Kier molecular flexibility index (Phi) is 2.71. The SMILES string of the molecule is CC#Cc1ccc2c(c1)[nH]c1c3ccc(C#CC)cc3oc21. The lowest BCUT2D eigenvalue weighted by Crippen LogP contribution is -1.76. The molecule has 2 aromatic heterocycles. The van der Waals surface area contributed by atoms with Crippen LogP contribution >= 0.6 is 0 Å². The van der Waals surface area contributed by atoms with E-state index in [-0.39, 0.29) is 0 Å². The third-order valence-corrected chi connectivity index (χ3v) is 3.75. The van der Waals surface area contributed by atoms with E-state index in [2.05, 4.69) is 46.9 Å². The lowest BCUT2D eigenvalue weighted by Gasteiger charge is -1.94. The van der Waals surface area contributed by atoms with E-state index in [0.717, 1.165) is 44.1 Å². The molecule has 2 nitrogen and oxygen atoms in total. The van der Waals surface area contributed by atoms with Crippen LogP contribution in [0.5, 0.6) is 0 Å². The van der Waals surface area contributed by atoms with Crippen molar-refractivity contribution < 1.29 is 4.42 Å². The average molecular weight is 283 g/mol. The fourth-order valence-corrected chi connectivity index (χ4v) is 2.83. The van der Waals surface area contributed by atoms with E-state index in [9.17, 15) is 0 Å². The Labute approximate surface area is 128 Å². The van der Waals surface area contributed by atoms with Gasteiger partial charge in [0.15, 0.2) is 5.58 Å². The maximum Gasteiger partial charge on any atom is 0.160 e. The van der Waals surface area contributed by atoms with Gasteiger partial charge in [0, 0.05) is 21.9 Å². The van der Waals surface area contributed by atoms with Gasteiger partial charge in [0.05, 0.1) is 11.0 Å². The van der Waals surface area contributed by atoms with Crippen LogP contribution in [0, 0.1) is 23.7 Å². The molecule has 2 heteroatoms. The summed E-state index contributed by atoms with van der Waals surface area (Å²) >= 11 is 0. The van der Waals surface area contributed by atoms with Crippen LogP contribution in [0.1, 0.15) is 25.0 Å². The Balaban J connectivity index is 2.03. The molecule has 0 saturated carbocycles. The van der Waals surface area contributed by atoms with Gasteiger partial charge in [0.2, 0.25) is 0 Å². The summed E-state index contributed by atoms with van der Waals surface area (Å²) in [5.74, 6) is 12.0. The first kappa shape index (κ1) is 12.6. The van der Waals surface area contributed by atoms with Gasteiger partial charge in [-0.1, -0.05) is 11.8 Å². The number of hydrogen-bond acceptors (Lipinski definition) is 1. The fourth-order valence-electron chi connectivity index (χ4n) is 2.83. The van der Waals surface area contributed by atoms with Crippen molar-refractivity contribution in [3.05, 3.63) is 47.5 Å². The van der Waals surface area contributed by atoms with Crippen molar-refractivity contribution in [3.63, 3.8) is 0 Å². The number of rotatable bonds is 0. The second-order valence-electron chi connectivity index (χ2n) is 5.15. The maximum absolute atomic E-state index is 6.06. The Morgan fingerprint density at radius 1 is 0.864 bits per heavy atom. The van der Waals surface area contributed by atoms with Crippen molar-refractivity contribution in [1.29, 1.82) is 0 Å². The molecule has 0 amide bonds. The van der Waals surface area contributed by atoms with Crippen LogP contribution in [0.15, 0.2) is 40.8 Å². The summed E-state index contributed by atoms with van der Waals surface area (Å²) in [6, 6.07) is 12.2. The number of fused-ring (bicyclic) bond motifs is 5. The molecular formula is C20H13NO. The Morgan fingerprint density at radius 3 is 2.27 bits per heavy atom. The van der Waals surface area contributed by atoms with Gasteiger partial charge in [-0.3, -0.25) is 0 Å². The summed E-state index contributed by atoms with van der Waals surface area (Å²) in [7, 11) is 0. The van der Waals surface area contributed by atoms with E-state index in [1.54, 1.807) is 0 Å². The molecule has 0 bridgehead atoms. The molecule has 4 aromatic rings. The summed E-state index contributed by atoms with van der Waals surface area (Å²) in [4.78, 5) is 3.45. The van der Waals surface area contributed by atoms with Crippen LogP contribution in [-0.2, 0) is 0 Å². The van der Waals surface area contributed by atoms with Gasteiger partial charge in [-0.15, -0.1) is 11.8 Å². The summed E-state index contributed by atoms with van der Waals surface area (Å²) in [5.41, 5.74) is 5.80. The normalized spacial score (nSPS) is 10.5. The highest BCUT2D eigenvalue weighted by molar-refractivity contribution is 6.14. The maximum atomic E-state index is 6.06. The Hall–Kier alpha value is -3.10. The van der Waals surface area contributed by atoms with E-state index >= 15 is 0 Å². The summed E-state index contributed by atoms with van der Waals surface area (Å²) in [6.07, 6.45) is 0. The van der Waals surface area contributed by atoms with Crippen LogP contribution < -0.4 is 0 Å². The van der Waals surface area contributed by atoms with E-state index in [4.69, 9.17) is 4.42 Å². The molecule has 0 fully saturated rings. The zero-order valence-electron chi connectivity index (χ0n) is 12.4. The highest BCUT2D eigenvalue weighted by Gasteiger charge is 2.13. The summed E-state index contributed by atoms with van der Waals surface area (Å²) in [6.45, 7) is 3.68. The number of aromatic amines is 1. The number of hydrogen-bond donors (Lipinski definition) is 1. The average Bonchev–Trinajstić information content (AvgIpc) is 3.03. The minimum atomic E-state index is 0.862. The molecule has 0 aliphatic carbocycles. The molecule has 22 heavy (non-hydrogen) atoms. The lowest BCUT2D eigenvalue weighted by molar-refractivity contribution is 0.673. The van der Waals surface area contributed by atoms with Crippen molar-refractivity contribution in [1.82, 2.24) is 4.98 Å². The molecule has 0 unspecified atom stereocenters. The molecule has 0 atom stereocenters. The van der Waals surface area contributed by atoms with Crippen LogP contribution in [0.4, 0.5) is 0 Å². The number of furan rings is 1. The highest BCUT2D eigenvalue weighted by Crippen LogP contribution is 2.34. The van der Waals surface area contributed by atoms with E-state index in [0.29, 0.717) is 0 Å². The summed E-state index contributed by atoms with van der Waals surface area (Å²) in [5, 5.41) is 2.16. The third kappa shape index (κ3) is 1.79. The molecule has 0 radical (unpaired) electrons. The first-order valence-corrected chi connectivity index (χ1v) is 7.13. The van der Waals surface area contributed by atoms with Crippen molar-refractivity contribution in [2.75, 3.05) is 0 Å². The second kappa shape index (κ2) is 4.72. The van der Waals surface area contributed by atoms with Gasteiger partial charge in [0.25, 0.3) is 0 Å². The van der Waals surface area contributed by atoms with Gasteiger partial charge >= 0.3 is 0 Å². The molecule has 0 spiro atoms. The quantitative estimate of drug-likeness (QED) is 0.461. The standard InChI is InChI=1S/C20H13NO/c1-3-5-13-7-9-15-17(11-13)21-19-16-10-8-14(6-4-2)12-18(16)22-20(15)19/h7-12,21H,1-2H3. The second-order valence-corrected chi connectivity index (χ2v) is 5.15. The van der Waals surface area contributed by atoms with Gasteiger partial charge in [0.1, 0.15) is 5.58 Å². The van der Waals surface area contributed by atoms with Gasteiger partial charge in [-0.05, 0) is 50.2 Å². The zero-order valence-corrected chi connectivity index (χ0v) is 12.4. The van der Waals surface area contributed by atoms with Crippen LogP contribution in [0.2, 0.25) is 0 Å². The number of aromatic nitrogens is 1. The first-order chi connectivity index (χ1) is 10.8. The molecule has 2 heterocycles. The van der Waals surface area contributed by atoms with Crippen LogP contribution in [0.3, 0.4) is 0 Å². The van der Waals surface area contributed by atoms with E-state index < -0.39 is 0 Å². The smallest absolute Gasteiger partial charge is 0.160 e. The number of benzene rings is 2. The topological polar surface area (TPSA) is 28.9 Å². The molecule has 4 rings (SSSR count). The number of nitrogens with one attached hydrogen (secondary N) is 1. The van der Waals surface area contributed by atoms with Gasteiger partial charge in [-0.25, -0.2) is 0 Å². The Morgan fingerprint density at radius 2 is 1.55 bits per heavy atom. The van der Waals surface area contributed by atoms with Crippen molar-refractivity contribution in [3.8, 4) is 23.7 Å². The van der Waals surface area contributed by atoms with Gasteiger partial charge in [-0.2, -0.15) is 0 Å². The van der Waals surface area contributed by atoms with Gasteiger partial charge < -0.3 is 9.40 Å². The highest BCUT2D eigenvalue weighted by atomic mass is 16.3. The molecule has 2 aromatic carbocycles. The van der Waals surface area contributed by atoms with Crippen molar-refractivity contribution >= 4 is 33.0 Å². The molecular weight excluding hydrogens is 270 g/mol. The molecule has 0 aliphatic rings. The monoisotopic (exact) mass is 283 g/mol. The van der Waals surface area contributed by atoms with Crippen LogP contribution in [0.25, 0.3) is 33.0 Å². The molecule has 1 N–H and O–H groups in total.